The molecule has 1 aliphatic carbocycles. The average molecular weight is 212 g/mol. The highest BCUT2D eigenvalue weighted by atomic mass is 16.1. The van der Waals surface area contributed by atoms with E-state index in [0.717, 1.165) is 32.4 Å². The summed E-state index contributed by atoms with van der Waals surface area (Å²) in [6.45, 7) is 3.68. The minimum absolute atomic E-state index is 0.232. The number of carbonyl (C=O) groups excluding carboxylic acids is 1. The summed E-state index contributed by atoms with van der Waals surface area (Å²) in [5.74, 6) is 1.45. The summed E-state index contributed by atoms with van der Waals surface area (Å²) in [5.41, 5.74) is 5.51. The van der Waals surface area contributed by atoms with Crippen LogP contribution in [0, 0.1) is 11.8 Å². The highest BCUT2D eigenvalue weighted by Gasteiger charge is 2.20. The van der Waals surface area contributed by atoms with Crippen LogP contribution in [-0.4, -0.2) is 19.0 Å². The smallest absolute Gasteiger partial charge is 0.220 e. The fraction of sp³-hybridized carbons (Fsp3) is 0.917. The van der Waals surface area contributed by atoms with Crippen molar-refractivity contribution in [3.05, 3.63) is 0 Å². The van der Waals surface area contributed by atoms with E-state index in [2.05, 4.69) is 12.2 Å². The lowest BCUT2D eigenvalue weighted by molar-refractivity contribution is -0.122. The normalized spacial score (nSPS) is 18.3. The molecule has 1 rings (SSSR count). The summed E-state index contributed by atoms with van der Waals surface area (Å²) in [6.07, 6.45) is 6.64. The van der Waals surface area contributed by atoms with Gasteiger partial charge < -0.3 is 11.1 Å². The summed E-state index contributed by atoms with van der Waals surface area (Å²) < 4.78 is 0. The molecule has 1 amide bonds. The fourth-order valence-electron chi connectivity index (χ4n) is 1.98. The molecule has 0 aromatic carbocycles. The molecule has 3 nitrogen and oxygen atoms in total. The largest absolute Gasteiger partial charge is 0.356 e. The van der Waals surface area contributed by atoms with Gasteiger partial charge in [-0.25, -0.2) is 0 Å². The molecule has 0 heterocycles. The topological polar surface area (TPSA) is 55.1 Å². The third-order valence-electron chi connectivity index (χ3n) is 3.44. The number of nitrogens with one attached hydrogen (secondary N) is 1. The fourth-order valence-corrected chi connectivity index (χ4v) is 1.98. The molecule has 0 radical (unpaired) electrons. The van der Waals surface area contributed by atoms with Crippen LogP contribution in [0.15, 0.2) is 0 Å². The van der Waals surface area contributed by atoms with Crippen molar-refractivity contribution in [2.75, 3.05) is 13.1 Å². The Hall–Kier alpha value is -0.570. The van der Waals surface area contributed by atoms with Crippen molar-refractivity contribution in [2.45, 2.75) is 45.4 Å². The SMILES string of the molecule is CCC(CCN)CNC(=O)CC1CCC1. The summed E-state index contributed by atoms with van der Waals surface area (Å²) >= 11 is 0. The van der Waals surface area contributed by atoms with Gasteiger partial charge in [0.1, 0.15) is 0 Å². The zero-order valence-electron chi connectivity index (χ0n) is 9.80. The first-order valence-electron chi connectivity index (χ1n) is 6.23. The minimum atomic E-state index is 0.232. The van der Waals surface area contributed by atoms with Crippen molar-refractivity contribution in [2.24, 2.45) is 17.6 Å². The van der Waals surface area contributed by atoms with Crippen LogP contribution in [0.4, 0.5) is 0 Å². The third kappa shape index (κ3) is 4.65. The van der Waals surface area contributed by atoms with E-state index < -0.39 is 0 Å². The third-order valence-corrected chi connectivity index (χ3v) is 3.44. The Kier molecular flexibility index (Phi) is 5.69. The molecule has 0 aliphatic heterocycles. The number of hydrogen-bond acceptors (Lipinski definition) is 2. The highest BCUT2D eigenvalue weighted by molar-refractivity contribution is 5.76. The first-order chi connectivity index (χ1) is 7.26. The molecule has 0 bridgehead atoms. The average Bonchev–Trinajstić information content (AvgIpc) is 2.18. The van der Waals surface area contributed by atoms with Gasteiger partial charge in [-0.05, 0) is 37.6 Å². The van der Waals surface area contributed by atoms with E-state index in [1.165, 1.54) is 19.3 Å². The molecule has 0 saturated heterocycles. The van der Waals surface area contributed by atoms with Gasteiger partial charge in [-0.15, -0.1) is 0 Å². The maximum absolute atomic E-state index is 11.5. The van der Waals surface area contributed by atoms with E-state index in [1.54, 1.807) is 0 Å². The molecule has 15 heavy (non-hydrogen) atoms. The molecule has 1 atom stereocenters. The van der Waals surface area contributed by atoms with E-state index in [1.807, 2.05) is 0 Å². The molecule has 3 heteroatoms. The van der Waals surface area contributed by atoms with Gasteiger partial charge in [-0.1, -0.05) is 19.8 Å². The standard InChI is InChI=1S/C12H24N2O/c1-2-10(6-7-13)9-14-12(15)8-11-4-3-5-11/h10-11H,2-9,13H2,1H3,(H,14,15). The van der Waals surface area contributed by atoms with Crippen molar-refractivity contribution in [1.82, 2.24) is 5.32 Å². The van der Waals surface area contributed by atoms with Crippen LogP contribution < -0.4 is 11.1 Å². The Morgan fingerprint density at radius 2 is 2.27 bits per heavy atom. The van der Waals surface area contributed by atoms with Gasteiger partial charge in [0, 0.05) is 13.0 Å². The second kappa shape index (κ2) is 6.83. The Bertz CT molecular complexity index is 190. The van der Waals surface area contributed by atoms with Crippen LogP contribution in [0.5, 0.6) is 0 Å². The number of amides is 1. The molecule has 0 aromatic heterocycles. The Balaban J connectivity index is 2.08. The van der Waals surface area contributed by atoms with Gasteiger partial charge in [0.2, 0.25) is 5.91 Å². The lowest BCUT2D eigenvalue weighted by Gasteiger charge is -2.25. The van der Waals surface area contributed by atoms with Gasteiger partial charge in [-0.2, -0.15) is 0 Å². The van der Waals surface area contributed by atoms with Gasteiger partial charge >= 0.3 is 0 Å². The Morgan fingerprint density at radius 1 is 1.53 bits per heavy atom. The molecule has 1 fully saturated rings. The molecular formula is C12H24N2O. The summed E-state index contributed by atoms with van der Waals surface area (Å²) in [5, 5.41) is 3.02. The van der Waals surface area contributed by atoms with E-state index in [0.29, 0.717) is 11.8 Å². The van der Waals surface area contributed by atoms with Gasteiger partial charge in [0.25, 0.3) is 0 Å². The molecule has 0 spiro atoms. The molecule has 1 unspecified atom stereocenters. The van der Waals surface area contributed by atoms with Crippen molar-refractivity contribution in [3.63, 3.8) is 0 Å². The summed E-state index contributed by atoms with van der Waals surface area (Å²) in [4.78, 5) is 11.5. The van der Waals surface area contributed by atoms with Crippen LogP contribution in [0.2, 0.25) is 0 Å². The summed E-state index contributed by atoms with van der Waals surface area (Å²) in [6, 6.07) is 0. The highest BCUT2D eigenvalue weighted by Crippen LogP contribution is 2.29. The van der Waals surface area contributed by atoms with Gasteiger partial charge in [-0.3, -0.25) is 4.79 Å². The van der Waals surface area contributed by atoms with E-state index in [-0.39, 0.29) is 5.91 Å². The predicted octanol–water partition coefficient (Wildman–Crippen LogP) is 1.67. The number of carbonyl (C=O) groups is 1. The molecule has 1 aliphatic rings. The number of hydrogen-bond donors (Lipinski definition) is 2. The van der Waals surface area contributed by atoms with Crippen LogP contribution in [0.1, 0.15) is 45.4 Å². The maximum atomic E-state index is 11.5. The number of nitrogens with two attached hydrogens (primary N) is 1. The van der Waals surface area contributed by atoms with Gasteiger partial charge in [0.15, 0.2) is 0 Å². The van der Waals surface area contributed by atoms with Crippen molar-refractivity contribution < 1.29 is 4.79 Å². The van der Waals surface area contributed by atoms with Crippen LogP contribution in [-0.2, 0) is 4.79 Å². The predicted molar refractivity (Wildman–Crippen MR) is 62.4 cm³/mol. The van der Waals surface area contributed by atoms with Crippen molar-refractivity contribution in [3.8, 4) is 0 Å². The van der Waals surface area contributed by atoms with E-state index >= 15 is 0 Å². The Labute approximate surface area is 92.8 Å². The lowest BCUT2D eigenvalue weighted by Crippen LogP contribution is -2.32. The quantitative estimate of drug-likeness (QED) is 0.674. The molecule has 0 aromatic rings. The first-order valence-corrected chi connectivity index (χ1v) is 6.23. The van der Waals surface area contributed by atoms with E-state index in [4.69, 9.17) is 5.73 Å². The second-order valence-electron chi connectivity index (χ2n) is 4.66. The lowest BCUT2D eigenvalue weighted by atomic mass is 9.83. The first kappa shape index (κ1) is 12.5. The molecule has 1 saturated carbocycles. The van der Waals surface area contributed by atoms with E-state index in [9.17, 15) is 4.79 Å². The summed E-state index contributed by atoms with van der Waals surface area (Å²) in [7, 11) is 0. The zero-order chi connectivity index (χ0) is 11.1. The van der Waals surface area contributed by atoms with Gasteiger partial charge in [0.05, 0.1) is 0 Å². The van der Waals surface area contributed by atoms with Crippen LogP contribution >= 0.6 is 0 Å². The Morgan fingerprint density at radius 3 is 2.73 bits per heavy atom. The monoisotopic (exact) mass is 212 g/mol. The molecule has 88 valence electrons. The van der Waals surface area contributed by atoms with Crippen molar-refractivity contribution in [1.29, 1.82) is 0 Å². The second-order valence-corrected chi connectivity index (χ2v) is 4.66. The van der Waals surface area contributed by atoms with Crippen molar-refractivity contribution >= 4 is 5.91 Å². The molecule has 3 N–H and O–H groups in total. The van der Waals surface area contributed by atoms with Crippen LogP contribution in [0.3, 0.4) is 0 Å². The maximum Gasteiger partial charge on any atom is 0.220 e. The number of rotatable bonds is 7. The minimum Gasteiger partial charge on any atom is -0.356 e. The van der Waals surface area contributed by atoms with Crippen LogP contribution in [0.25, 0.3) is 0 Å². The zero-order valence-corrected chi connectivity index (χ0v) is 9.80. The molecular weight excluding hydrogens is 188 g/mol.